The molecule has 1 amide bonds. The van der Waals surface area contributed by atoms with Crippen LogP contribution in [0, 0.1) is 24.0 Å². The molecule has 0 bridgehead atoms. The molecule has 1 heterocycles. The van der Waals surface area contributed by atoms with Crippen LogP contribution >= 0.6 is 11.6 Å². The Labute approximate surface area is 183 Å². The van der Waals surface area contributed by atoms with Gasteiger partial charge in [-0.2, -0.15) is 5.10 Å². The number of benzene rings is 2. The molecule has 3 rings (SSSR count). The Morgan fingerprint density at radius 2 is 1.81 bits per heavy atom. The molecule has 0 saturated heterocycles. The normalized spacial score (nSPS) is 11.6. The molecule has 0 unspecified atom stereocenters. The lowest BCUT2D eigenvalue weighted by Crippen LogP contribution is -2.25. The lowest BCUT2D eigenvalue weighted by molar-refractivity contribution is -0.384. The molecule has 0 spiro atoms. The van der Waals surface area contributed by atoms with Crippen molar-refractivity contribution in [2.45, 2.75) is 26.8 Å². The number of anilines is 1. The van der Waals surface area contributed by atoms with Gasteiger partial charge in [0, 0.05) is 12.1 Å². The van der Waals surface area contributed by atoms with Gasteiger partial charge in [0.15, 0.2) is 0 Å². The number of nitro groups is 1. The van der Waals surface area contributed by atoms with Crippen molar-refractivity contribution in [3.05, 3.63) is 69.0 Å². The minimum atomic E-state index is -0.684. The second-order valence-corrected chi connectivity index (χ2v) is 7.22. The highest BCUT2D eigenvalue weighted by molar-refractivity contribution is 6.31. The van der Waals surface area contributed by atoms with Gasteiger partial charge in [-0.25, -0.2) is 0 Å². The van der Waals surface area contributed by atoms with E-state index in [-0.39, 0.29) is 17.1 Å². The number of nitrogens with one attached hydrogen (secondary N) is 1. The average Bonchev–Trinajstić information content (AvgIpc) is 3.00. The minimum absolute atomic E-state index is 0.205. The molecular weight excluding hydrogens is 424 g/mol. The fourth-order valence-corrected chi connectivity index (χ4v) is 3.10. The first-order chi connectivity index (χ1) is 14.7. The van der Waals surface area contributed by atoms with Gasteiger partial charge in [0.25, 0.3) is 5.69 Å². The first-order valence-electron chi connectivity index (χ1n) is 9.33. The third-order valence-corrected chi connectivity index (χ3v) is 5.19. The number of methoxy groups -OCH3 is 1. The maximum atomic E-state index is 12.8. The van der Waals surface area contributed by atoms with Gasteiger partial charge in [-0.1, -0.05) is 11.6 Å². The number of nitro benzene ring substituents is 1. The highest BCUT2D eigenvalue weighted by Crippen LogP contribution is 2.31. The Balaban J connectivity index is 1.84. The Kier molecular flexibility index (Phi) is 6.45. The van der Waals surface area contributed by atoms with E-state index in [1.165, 1.54) is 22.9 Å². The summed E-state index contributed by atoms with van der Waals surface area (Å²) in [6.07, 6.45) is 0. The minimum Gasteiger partial charge on any atom is -0.497 e. The SMILES string of the molecule is COc1ccc(Oc2cc(NC(=O)[C@@H](C)n3nc(C)c(Cl)c3C)cc([N+](=O)[O-])c2)cc1. The summed E-state index contributed by atoms with van der Waals surface area (Å²) in [5, 5.41) is 18.8. The number of non-ortho nitro benzene ring substituents is 1. The van der Waals surface area contributed by atoms with Gasteiger partial charge in [0.2, 0.25) is 5.91 Å². The fraction of sp³-hybridized carbons (Fsp3) is 0.238. The summed E-state index contributed by atoms with van der Waals surface area (Å²) in [5.74, 6) is 0.913. The largest absolute Gasteiger partial charge is 0.497 e. The van der Waals surface area contributed by atoms with Crippen molar-refractivity contribution < 1.29 is 19.2 Å². The second-order valence-electron chi connectivity index (χ2n) is 6.84. The van der Waals surface area contributed by atoms with Crippen molar-refractivity contribution in [2.75, 3.05) is 12.4 Å². The van der Waals surface area contributed by atoms with Gasteiger partial charge >= 0.3 is 0 Å². The van der Waals surface area contributed by atoms with Gasteiger partial charge in [-0.05, 0) is 45.0 Å². The van der Waals surface area contributed by atoms with Crippen molar-refractivity contribution in [1.82, 2.24) is 9.78 Å². The second kappa shape index (κ2) is 9.05. The van der Waals surface area contributed by atoms with Crippen LogP contribution < -0.4 is 14.8 Å². The lowest BCUT2D eigenvalue weighted by Gasteiger charge is -2.15. The molecule has 1 aromatic heterocycles. The van der Waals surface area contributed by atoms with Gasteiger partial charge in [0.1, 0.15) is 23.3 Å². The topological polar surface area (TPSA) is 109 Å². The summed E-state index contributed by atoms with van der Waals surface area (Å²) < 4.78 is 12.3. The summed E-state index contributed by atoms with van der Waals surface area (Å²) in [6, 6.07) is 10.1. The van der Waals surface area contributed by atoms with Crippen molar-refractivity contribution >= 4 is 28.9 Å². The highest BCUT2D eigenvalue weighted by atomic mass is 35.5. The fourth-order valence-electron chi connectivity index (χ4n) is 2.98. The summed E-state index contributed by atoms with van der Waals surface area (Å²) in [7, 11) is 1.55. The number of halogens is 1. The summed E-state index contributed by atoms with van der Waals surface area (Å²) >= 11 is 6.17. The van der Waals surface area contributed by atoms with Crippen LogP contribution in [0.4, 0.5) is 11.4 Å². The molecule has 0 aliphatic heterocycles. The Morgan fingerprint density at radius 3 is 2.35 bits per heavy atom. The molecule has 162 valence electrons. The maximum Gasteiger partial charge on any atom is 0.275 e. The van der Waals surface area contributed by atoms with Gasteiger partial charge in [-0.15, -0.1) is 0 Å². The number of nitrogens with zero attached hydrogens (tertiary/aromatic N) is 3. The van der Waals surface area contributed by atoms with Crippen molar-refractivity contribution in [3.8, 4) is 17.2 Å². The molecule has 0 aliphatic rings. The van der Waals surface area contributed by atoms with Crippen LogP contribution in [0.5, 0.6) is 17.2 Å². The third-order valence-electron chi connectivity index (χ3n) is 4.65. The number of hydrogen-bond donors (Lipinski definition) is 1. The van der Waals surface area contributed by atoms with E-state index in [0.717, 1.165) is 0 Å². The zero-order valence-electron chi connectivity index (χ0n) is 17.4. The molecule has 9 nitrogen and oxygen atoms in total. The first kappa shape index (κ1) is 22.1. The Hall–Kier alpha value is -3.59. The Morgan fingerprint density at radius 1 is 1.16 bits per heavy atom. The van der Waals surface area contributed by atoms with Crippen LogP contribution in [0.3, 0.4) is 0 Å². The zero-order valence-corrected chi connectivity index (χ0v) is 18.1. The van der Waals surface area contributed by atoms with Crippen molar-refractivity contribution in [2.24, 2.45) is 0 Å². The summed E-state index contributed by atoms with van der Waals surface area (Å²) in [4.78, 5) is 23.6. The number of amides is 1. The average molecular weight is 445 g/mol. The predicted molar refractivity (Wildman–Crippen MR) is 116 cm³/mol. The molecule has 31 heavy (non-hydrogen) atoms. The molecule has 0 saturated carbocycles. The number of carbonyl (C=O) groups is 1. The van der Waals surface area contributed by atoms with Gasteiger partial charge < -0.3 is 14.8 Å². The number of aromatic nitrogens is 2. The van der Waals surface area contributed by atoms with E-state index in [1.54, 1.807) is 52.1 Å². The van der Waals surface area contributed by atoms with E-state index in [9.17, 15) is 14.9 Å². The molecule has 3 aromatic rings. The smallest absolute Gasteiger partial charge is 0.275 e. The first-order valence-corrected chi connectivity index (χ1v) is 9.71. The number of rotatable bonds is 7. The van der Waals surface area contributed by atoms with Gasteiger partial charge in [0.05, 0.1) is 40.2 Å². The maximum absolute atomic E-state index is 12.8. The van der Waals surface area contributed by atoms with E-state index in [1.807, 2.05) is 0 Å². The van der Waals surface area contributed by atoms with Crippen LogP contribution in [0.15, 0.2) is 42.5 Å². The Bertz CT molecular complexity index is 1130. The molecular formula is C21H21ClN4O5. The molecule has 1 N–H and O–H groups in total. The van der Waals surface area contributed by atoms with Crippen LogP contribution in [0.25, 0.3) is 0 Å². The van der Waals surface area contributed by atoms with Crippen LogP contribution in [0.1, 0.15) is 24.4 Å². The predicted octanol–water partition coefficient (Wildman–Crippen LogP) is 5.06. The number of ether oxygens (including phenoxy) is 2. The molecule has 2 aromatic carbocycles. The van der Waals surface area contributed by atoms with Crippen LogP contribution in [0.2, 0.25) is 5.02 Å². The van der Waals surface area contributed by atoms with E-state index in [0.29, 0.717) is 27.9 Å². The van der Waals surface area contributed by atoms with E-state index >= 15 is 0 Å². The van der Waals surface area contributed by atoms with E-state index in [4.69, 9.17) is 21.1 Å². The molecule has 10 heteroatoms. The van der Waals surface area contributed by atoms with E-state index < -0.39 is 16.9 Å². The quantitative estimate of drug-likeness (QED) is 0.403. The summed E-state index contributed by atoms with van der Waals surface area (Å²) in [6.45, 7) is 5.18. The summed E-state index contributed by atoms with van der Waals surface area (Å²) in [5.41, 5.74) is 1.28. The number of carbonyl (C=O) groups excluding carboxylic acids is 1. The molecule has 0 fully saturated rings. The standard InChI is InChI=1S/C21H21ClN4O5/c1-12-20(22)13(2)25(24-12)14(3)21(27)23-15-9-16(26(28)29)11-19(10-15)31-18-7-5-17(30-4)6-8-18/h5-11,14H,1-4H3,(H,23,27)/t14-/m1/s1. The van der Waals surface area contributed by atoms with Crippen molar-refractivity contribution in [1.29, 1.82) is 0 Å². The molecule has 1 atom stereocenters. The van der Waals surface area contributed by atoms with Crippen LogP contribution in [-0.4, -0.2) is 27.7 Å². The zero-order chi connectivity index (χ0) is 22.7. The van der Waals surface area contributed by atoms with Gasteiger partial charge in [-0.3, -0.25) is 19.6 Å². The third kappa shape index (κ3) is 4.95. The molecule has 0 radical (unpaired) electrons. The lowest BCUT2D eigenvalue weighted by atomic mass is 10.2. The highest BCUT2D eigenvalue weighted by Gasteiger charge is 2.22. The number of hydrogen-bond acceptors (Lipinski definition) is 6. The van der Waals surface area contributed by atoms with Crippen molar-refractivity contribution in [3.63, 3.8) is 0 Å². The van der Waals surface area contributed by atoms with Crippen LogP contribution in [-0.2, 0) is 4.79 Å². The number of aryl methyl sites for hydroxylation is 1. The van der Waals surface area contributed by atoms with E-state index in [2.05, 4.69) is 10.4 Å². The monoisotopic (exact) mass is 444 g/mol. The molecule has 0 aliphatic carbocycles.